The van der Waals surface area contributed by atoms with Gasteiger partial charge < -0.3 is 15.8 Å². The molecule has 30 heavy (non-hydrogen) atoms. The zero-order valence-electron chi connectivity index (χ0n) is 17.8. The Labute approximate surface area is 176 Å². The van der Waals surface area contributed by atoms with Crippen molar-refractivity contribution in [2.45, 2.75) is 46.6 Å². The zero-order valence-corrected chi connectivity index (χ0v) is 17.8. The number of carbonyl (C=O) groups is 2. The van der Waals surface area contributed by atoms with Crippen LogP contribution in [0.2, 0.25) is 0 Å². The van der Waals surface area contributed by atoms with Crippen LogP contribution in [0.4, 0.5) is 11.5 Å². The number of aryl methyl sites for hydroxylation is 1. The summed E-state index contributed by atoms with van der Waals surface area (Å²) in [7, 11) is 0. The number of allylic oxidation sites excluding steroid dienone is 2. The summed E-state index contributed by atoms with van der Waals surface area (Å²) in [5, 5.41) is 3.18. The number of rotatable bonds is 4. The van der Waals surface area contributed by atoms with E-state index >= 15 is 0 Å². The summed E-state index contributed by atoms with van der Waals surface area (Å²) in [5.74, 6) is 1.44. The highest BCUT2D eigenvalue weighted by atomic mass is 16.5. The fourth-order valence-corrected chi connectivity index (χ4v) is 4.31. The van der Waals surface area contributed by atoms with Crippen LogP contribution in [0.3, 0.4) is 0 Å². The minimum Gasteiger partial charge on any atom is -0.490 e. The van der Waals surface area contributed by atoms with Crippen LogP contribution in [-0.2, 0) is 6.42 Å². The predicted octanol–water partition coefficient (Wildman–Crippen LogP) is 4.41. The lowest BCUT2D eigenvalue weighted by Gasteiger charge is -2.26. The molecule has 6 nitrogen and oxygen atoms in total. The van der Waals surface area contributed by atoms with Crippen molar-refractivity contribution >= 4 is 23.1 Å². The molecule has 1 aromatic heterocycles. The normalized spacial score (nSPS) is 18.1. The zero-order chi connectivity index (χ0) is 21.6. The number of hydrogen-bond donors (Lipinski definition) is 2. The number of pyridine rings is 1. The number of nitrogens with zero attached hydrogens (tertiary/aromatic N) is 1. The molecule has 0 radical (unpaired) electrons. The maximum atomic E-state index is 13.2. The number of ether oxygens (including phenoxy) is 1. The molecule has 2 aromatic rings. The van der Waals surface area contributed by atoms with Gasteiger partial charge in [0.1, 0.15) is 17.7 Å². The van der Waals surface area contributed by atoms with Crippen molar-refractivity contribution < 1.29 is 14.3 Å². The van der Waals surface area contributed by atoms with Gasteiger partial charge >= 0.3 is 0 Å². The molecule has 2 aliphatic rings. The lowest BCUT2D eigenvalue weighted by molar-refractivity contribution is 0.0985. The molecular formula is C24H27N3O3. The van der Waals surface area contributed by atoms with Gasteiger partial charge in [0.05, 0.1) is 17.5 Å². The van der Waals surface area contributed by atoms with Gasteiger partial charge in [-0.1, -0.05) is 27.7 Å². The van der Waals surface area contributed by atoms with Crippen molar-refractivity contribution in [3.8, 4) is 5.75 Å². The van der Waals surface area contributed by atoms with Crippen molar-refractivity contribution in [3.05, 3.63) is 58.4 Å². The van der Waals surface area contributed by atoms with Crippen LogP contribution in [0.1, 0.15) is 60.4 Å². The van der Waals surface area contributed by atoms with E-state index in [0.717, 1.165) is 5.56 Å². The minimum atomic E-state index is -0.257. The molecule has 1 aromatic carbocycles. The van der Waals surface area contributed by atoms with E-state index in [0.29, 0.717) is 58.8 Å². The summed E-state index contributed by atoms with van der Waals surface area (Å²) in [5.41, 5.74) is 9.05. The first kappa shape index (κ1) is 20.1. The van der Waals surface area contributed by atoms with Crippen molar-refractivity contribution in [2.75, 3.05) is 11.1 Å². The van der Waals surface area contributed by atoms with E-state index in [1.807, 2.05) is 6.07 Å². The lowest BCUT2D eigenvalue weighted by Crippen LogP contribution is -2.28. The van der Waals surface area contributed by atoms with Gasteiger partial charge in [0.2, 0.25) is 0 Å². The van der Waals surface area contributed by atoms with E-state index in [2.05, 4.69) is 38.0 Å². The first-order valence-electron chi connectivity index (χ1n) is 10.4. The third-order valence-corrected chi connectivity index (χ3v) is 5.72. The molecule has 3 N–H and O–H groups in total. The first-order valence-corrected chi connectivity index (χ1v) is 10.4. The second-order valence-corrected chi connectivity index (χ2v) is 8.69. The second-order valence-electron chi connectivity index (χ2n) is 8.69. The number of hydrogen-bond acceptors (Lipinski definition) is 6. The van der Waals surface area contributed by atoms with Crippen LogP contribution in [-0.4, -0.2) is 22.7 Å². The van der Waals surface area contributed by atoms with E-state index in [-0.39, 0.29) is 23.2 Å². The topological polar surface area (TPSA) is 94.3 Å². The summed E-state index contributed by atoms with van der Waals surface area (Å²) in [6, 6.07) is 7.05. The Bertz CT molecular complexity index is 1060. The SMILES string of the molecule is CC(C)C(Oc1ccc2c(c1)C(=O)/C(=C1\CCc3cc(N)cnc3N1)C2=O)C(C)C. The molecule has 156 valence electrons. The fourth-order valence-electron chi connectivity index (χ4n) is 4.31. The first-order chi connectivity index (χ1) is 14.3. The summed E-state index contributed by atoms with van der Waals surface area (Å²) < 4.78 is 6.17. The molecule has 4 rings (SSSR count). The van der Waals surface area contributed by atoms with Gasteiger partial charge in [0.25, 0.3) is 0 Å². The Kier molecular flexibility index (Phi) is 5.10. The third kappa shape index (κ3) is 3.47. The Hall–Kier alpha value is -3.15. The van der Waals surface area contributed by atoms with Gasteiger partial charge in [0.15, 0.2) is 11.6 Å². The molecule has 0 fully saturated rings. The Morgan fingerprint density at radius 3 is 2.40 bits per heavy atom. The standard InChI is InChI=1S/C24H27N3O3/c1-12(2)23(13(3)4)30-16-6-7-17-18(10-16)22(29)20(21(17)28)19-8-5-14-9-15(25)11-26-24(14)27-19/h6-7,9-13,23H,5,8,25H2,1-4H3,(H,26,27)/b20-19+. The molecule has 0 spiro atoms. The van der Waals surface area contributed by atoms with Gasteiger partial charge in [-0.2, -0.15) is 0 Å². The molecule has 0 saturated carbocycles. The average molecular weight is 405 g/mol. The smallest absolute Gasteiger partial charge is 0.199 e. The van der Waals surface area contributed by atoms with Gasteiger partial charge in [-0.3, -0.25) is 9.59 Å². The monoisotopic (exact) mass is 405 g/mol. The van der Waals surface area contributed by atoms with Gasteiger partial charge in [-0.25, -0.2) is 4.98 Å². The summed E-state index contributed by atoms with van der Waals surface area (Å²) in [6.45, 7) is 8.46. The van der Waals surface area contributed by atoms with Crippen molar-refractivity contribution in [1.82, 2.24) is 4.98 Å². The quantitative estimate of drug-likeness (QED) is 0.578. The highest BCUT2D eigenvalue weighted by Crippen LogP contribution is 2.35. The molecule has 2 heterocycles. The summed E-state index contributed by atoms with van der Waals surface area (Å²) in [6.07, 6.45) is 2.83. The largest absolute Gasteiger partial charge is 0.490 e. The van der Waals surface area contributed by atoms with E-state index in [4.69, 9.17) is 10.5 Å². The van der Waals surface area contributed by atoms with Gasteiger partial charge in [-0.15, -0.1) is 0 Å². The Balaban J connectivity index is 1.65. The number of benzene rings is 1. The molecule has 0 amide bonds. The highest BCUT2D eigenvalue weighted by molar-refractivity contribution is 6.40. The van der Waals surface area contributed by atoms with Crippen LogP contribution in [0.5, 0.6) is 5.75 Å². The van der Waals surface area contributed by atoms with Crippen LogP contribution in [0.15, 0.2) is 41.7 Å². The molecule has 1 aliphatic carbocycles. The molecule has 0 saturated heterocycles. The third-order valence-electron chi connectivity index (χ3n) is 5.72. The number of ketones is 2. The maximum absolute atomic E-state index is 13.2. The lowest BCUT2D eigenvalue weighted by atomic mass is 9.96. The molecule has 0 atom stereocenters. The van der Waals surface area contributed by atoms with Crippen LogP contribution in [0.25, 0.3) is 0 Å². The number of nitrogens with two attached hydrogens (primary N) is 1. The Morgan fingerprint density at radius 1 is 1.00 bits per heavy atom. The molecule has 0 bridgehead atoms. The van der Waals surface area contributed by atoms with Crippen LogP contribution in [0, 0.1) is 11.8 Å². The van der Waals surface area contributed by atoms with Crippen molar-refractivity contribution in [3.63, 3.8) is 0 Å². The highest BCUT2D eigenvalue weighted by Gasteiger charge is 2.37. The van der Waals surface area contributed by atoms with Crippen molar-refractivity contribution in [2.24, 2.45) is 11.8 Å². The maximum Gasteiger partial charge on any atom is 0.199 e. The minimum absolute atomic E-state index is 0.0307. The molecule has 1 aliphatic heterocycles. The van der Waals surface area contributed by atoms with Gasteiger partial charge in [0, 0.05) is 16.8 Å². The number of Topliss-reactive ketones (excluding diaryl/α,β-unsaturated/α-hetero) is 2. The number of nitrogen functional groups attached to an aromatic ring is 1. The average Bonchev–Trinajstić information content (AvgIpc) is 2.95. The molecule has 6 heteroatoms. The van der Waals surface area contributed by atoms with E-state index in [1.54, 1.807) is 24.4 Å². The number of aromatic nitrogens is 1. The molecular weight excluding hydrogens is 378 g/mol. The van der Waals surface area contributed by atoms with Crippen LogP contribution < -0.4 is 15.8 Å². The van der Waals surface area contributed by atoms with E-state index in [9.17, 15) is 9.59 Å². The number of carbonyl (C=O) groups excluding carboxylic acids is 2. The number of nitrogens with one attached hydrogen (secondary N) is 1. The number of fused-ring (bicyclic) bond motifs is 2. The van der Waals surface area contributed by atoms with Crippen molar-refractivity contribution in [1.29, 1.82) is 0 Å². The van der Waals surface area contributed by atoms with E-state index < -0.39 is 0 Å². The summed E-state index contributed by atoms with van der Waals surface area (Å²) >= 11 is 0. The van der Waals surface area contributed by atoms with Crippen LogP contribution >= 0.6 is 0 Å². The summed E-state index contributed by atoms with van der Waals surface area (Å²) in [4.78, 5) is 30.5. The fraction of sp³-hybridized carbons (Fsp3) is 0.375. The Morgan fingerprint density at radius 2 is 1.70 bits per heavy atom. The van der Waals surface area contributed by atoms with Gasteiger partial charge in [-0.05, 0) is 54.5 Å². The number of anilines is 2. The predicted molar refractivity (Wildman–Crippen MR) is 117 cm³/mol. The molecule has 0 unspecified atom stereocenters. The van der Waals surface area contributed by atoms with E-state index in [1.165, 1.54) is 0 Å². The second kappa shape index (κ2) is 7.59.